The molecule has 0 atom stereocenters. The minimum absolute atomic E-state index is 0.243. The number of hydrogen-bond acceptors (Lipinski definition) is 6. The molecule has 6 N–H and O–H groups in total. The van der Waals surface area contributed by atoms with Crippen molar-refractivity contribution in [1.82, 2.24) is 10.6 Å². The molecule has 7 heteroatoms. The van der Waals surface area contributed by atoms with Gasteiger partial charge in [-0.1, -0.05) is 0 Å². The van der Waals surface area contributed by atoms with Gasteiger partial charge >= 0.3 is 9.28 Å². The lowest BCUT2D eigenvalue weighted by molar-refractivity contribution is 0.272. The summed E-state index contributed by atoms with van der Waals surface area (Å²) in [4.78, 5) is 0. The average Bonchev–Trinajstić information content (AvgIpc) is 2.32. The number of hydrogen-bond donors (Lipinski definition) is 4. The highest BCUT2D eigenvalue weighted by Crippen LogP contribution is 2.01. The second-order valence-corrected chi connectivity index (χ2v) is 5.90. The van der Waals surface area contributed by atoms with Crippen LogP contribution >= 0.6 is 0 Å². The maximum atomic E-state index is 5.46. The Morgan fingerprint density at radius 2 is 1.56 bits per heavy atom. The van der Waals surface area contributed by atoms with Crippen LogP contribution in [-0.4, -0.2) is 55.8 Å². The lowest BCUT2D eigenvalue weighted by Gasteiger charge is -2.21. The summed E-state index contributed by atoms with van der Waals surface area (Å²) in [6.45, 7) is 2.87. The third-order valence-electron chi connectivity index (χ3n) is 2.29. The quantitative estimate of drug-likeness (QED) is 0.258. The van der Waals surface area contributed by atoms with Crippen LogP contribution in [0.25, 0.3) is 0 Å². The largest absolute Gasteiger partial charge is 0.400 e. The molecule has 0 aromatic carbocycles. The molecule has 0 bridgehead atoms. The van der Waals surface area contributed by atoms with Crippen molar-refractivity contribution < 1.29 is 8.85 Å². The van der Waals surface area contributed by atoms with Crippen molar-refractivity contribution in [2.24, 2.45) is 11.5 Å². The minimum Gasteiger partial charge on any atom is -0.400 e. The molecule has 0 saturated carbocycles. The molecule has 0 rings (SSSR count). The predicted molar refractivity (Wildman–Crippen MR) is 68.5 cm³/mol. The van der Waals surface area contributed by atoms with Crippen molar-refractivity contribution in [2.75, 3.05) is 40.4 Å². The molecule has 0 unspecified atom stereocenters. The molecular weight excluding hydrogens is 224 g/mol. The zero-order valence-electron chi connectivity index (χ0n) is 10.4. The van der Waals surface area contributed by atoms with Crippen molar-refractivity contribution >= 4 is 9.28 Å². The van der Waals surface area contributed by atoms with Crippen LogP contribution in [0.2, 0.25) is 6.04 Å². The van der Waals surface area contributed by atoms with Crippen molar-refractivity contribution in [3.8, 4) is 0 Å². The fourth-order valence-electron chi connectivity index (χ4n) is 1.43. The van der Waals surface area contributed by atoms with Crippen LogP contribution in [0, 0.1) is 0 Å². The minimum atomic E-state index is -1.46. The number of rotatable bonds is 11. The maximum Gasteiger partial charge on any atom is 0.320 e. The SMILES string of the molecule is CO[SiH](CCC(NCCN)NCCN)OC. The fraction of sp³-hybridized carbons (Fsp3) is 1.00. The predicted octanol–water partition coefficient (Wildman–Crippen LogP) is -1.69. The van der Waals surface area contributed by atoms with Gasteiger partial charge in [-0.2, -0.15) is 0 Å². The molecule has 0 spiro atoms. The van der Waals surface area contributed by atoms with E-state index in [2.05, 4.69) is 10.6 Å². The first-order valence-electron chi connectivity index (χ1n) is 5.71. The maximum absolute atomic E-state index is 5.46. The van der Waals surface area contributed by atoms with Gasteiger partial charge in [0, 0.05) is 40.4 Å². The second-order valence-electron chi connectivity index (χ2n) is 3.52. The highest BCUT2D eigenvalue weighted by molar-refractivity contribution is 6.44. The zero-order chi connectivity index (χ0) is 12.2. The van der Waals surface area contributed by atoms with Gasteiger partial charge < -0.3 is 31.0 Å². The van der Waals surface area contributed by atoms with E-state index in [1.807, 2.05) is 0 Å². The molecule has 0 aromatic rings. The molecule has 0 aliphatic rings. The first-order valence-corrected chi connectivity index (χ1v) is 7.46. The van der Waals surface area contributed by atoms with Gasteiger partial charge in [-0.3, -0.25) is 0 Å². The van der Waals surface area contributed by atoms with Crippen LogP contribution in [0.5, 0.6) is 0 Å². The third kappa shape index (κ3) is 8.17. The average molecular weight is 250 g/mol. The van der Waals surface area contributed by atoms with Crippen molar-refractivity contribution in [3.63, 3.8) is 0 Å². The molecule has 0 aromatic heterocycles. The van der Waals surface area contributed by atoms with E-state index in [-0.39, 0.29) is 6.17 Å². The molecule has 0 fully saturated rings. The molecule has 0 saturated heterocycles. The Kier molecular flexibility index (Phi) is 11.4. The highest BCUT2D eigenvalue weighted by Gasteiger charge is 2.13. The van der Waals surface area contributed by atoms with E-state index in [1.54, 1.807) is 14.2 Å². The summed E-state index contributed by atoms with van der Waals surface area (Å²) >= 11 is 0. The van der Waals surface area contributed by atoms with E-state index in [4.69, 9.17) is 20.3 Å². The summed E-state index contributed by atoms with van der Waals surface area (Å²) in [6, 6.07) is 0.965. The van der Waals surface area contributed by atoms with Crippen LogP contribution in [-0.2, 0) is 8.85 Å². The Hall–Kier alpha value is -0.0231. The third-order valence-corrected chi connectivity index (χ3v) is 4.14. The van der Waals surface area contributed by atoms with E-state index in [1.165, 1.54) is 0 Å². The standard InChI is InChI=1S/C9H26N4O2Si/c1-14-16(15-2)8-3-9(12-6-4-10)13-7-5-11/h9,12-13,16H,3-8,10-11H2,1-2H3. The van der Waals surface area contributed by atoms with E-state index in [0.29, 0.717) is 13.1 Å². The summed E-state index contributed by atoms with van der Waals surface area (Å²) in [6.07, 6.45) is 1.21. The Bertz CT molecular complexity index is 141. The monoisotopic (exact) mass is 250 g/mol. The fourth-order valence-corrected chi connectivity index (χ4v) is 2.70. The van der Waals surface area contributed by atoms with E-state index < -0.39 is 9.28 Å². The molecule has 0 amide bonds. The van der Waals surface area contributed by atoms with Gasteiger partial charge in [0.25, 0.3) is 0 Å². The first-order chi connectivity index (χ1) is 7.78. The highest BCUT2D eigenvalue weighted by atomic mass is 28.3. The molecule has 16 heavy (non-hydrogen) atoms. The van der Waals surface area contributed by atoms with Crippen LogP contribution < -0.4 is 22.1 Å². The zero-order valence-corrected chi connectivity index (χ0v) is 11.5. The second kappa shape index (κ2) is 11.5. The summed E-state index contributed by atoms with van der Waals surface area (Å²) < 4.78 is 10.5. The Morgan fingerprint density at radius 1 is 1.06 bits per heavy atom. The Labute approximate surface area is 99.9 Å². The van der Waals surface area contributed by atoms with Gasteiger partial charge in [-0.05, 0) is 12.5 Å². The number of nitrogens with two attached hydrogens (primary N) is 2. The Morgan fingerprint density at radius 3 is 1.94 bits per heavy atom. The normalized spacial score (nSPS) is 11.6. The molecule has 0 heterocycles. The van der Waals surface area contributed by atoms with E-state index in [9.17, 15) is 0 Å². The van der Waals surface area contributed by atoms with Crippen LogP contribution in [0.3, 0.4) is 0 Å². The Balaban J connectivity index is 3.79. The molecule has 6 nitrogen and oxygen atoms in total. The van der Waals surface area contributed by atoms with Gasteiger partial charge in [-0.15, -0.1) is 0 Å². The molecule has 0 radical (unpaired) electrons. The van der Waals surface area contributed by atoms with Gasteiger partial charge in [0.15, 0.2) is 0 Å². The lowest BCUT2D eigenvalue weighted by atomic mass is 10.3. The summed E-state index contributed by atoms with van der Waals surface area (Å²) in [5.74, 6) is 0. The van der Waals surface area contributed by atoms with Gasteiger partial charge in [0.05, 0.1) is 6.17 Å². The van der Waals surface area contributed by atoms with Crippen LogP contribution in [0.1, 0.15) is 6.42 Å². The van der Waals surface area contributed by atoms with Crippen LogP contribution in [0.4, 0.5) is 0 Å². The first kappa shape index (κ1) is 16.0. The lowest BCUT2D eigenvalue weighted by Crippen LogP contribution is -2.46. The summed E-state index contributed by atoms with van der Waals surface area (Å²) in [5.41, 5.74) is 10.9. The van der Waals surface area contributed by atoms with Gasteiger partial charge in [0.1, 0.15) is 0 Å². The molecule has 98 valence electrons. The summed E-state index contributed by atoms with van der Waals surface area (Å²) in [7, 11) is 1.95. The van der Waals surface area contributed by atoms with Crippen LogP contribution in [0.15, 0.2) is 0 Å². The smallest absolute Gasteiger partial charge is 0.320 e. The number of nitrogens with one attached hydrogen (secondary N) is 2. The van der Waals surface area contributed by atoms with Crippen molar-refractivity contribution in [2.45, 2.75) is 18.6 Å². The molecular formula is C9H26N4O2Si. The molecule has 0 aliphatic heterocycles. The van der Waals surface area contributed by atoms with Gasteiger partial charge in [0.2, 0.25) is 0 Å². The van der Waals surface area contributed by atoms with Crippen molar-refractivity contribution in [1.29, 1.82) is 0 Å². The van der Waals surface area contributed by atoms with Crippen molar-refractivity contribution in [3.05, 3.63) is 0 Å². The van der Waals surface area contributed by atoms with Gasteiger partial charge in [-0.25, -0.2) is 0 Å². The van der Waals surface area contributed by atoms with E-state index in [0.717, 1.165) is 25.6 Å². The summed E-state index contributed by atoms with van der Waals surface area (Å²) in [5, 5.41) is 6.65. The topological polar surface area (TPSA) is 94.6 Å². The van der Waals surface area contributed by atoms with E-state index >= 15 is 0 Å². The molecule has 0 aliphatic carbocycles.